The number of amides is 4. The minimum absolute atomic E-state index is 0.0223. The summed E-state index contributed by atoms with van der Waals surface area (Å²) in [6, 6.07) is 59.2. The van der Waals surface area contributed by atoms with E-state index < -0.39 is 12.9 Å². The molecular formula is C95H90F6N18O8. The second-order valence-corrected chi connectivity index (χ2v) is 31.1. The van der Waals surface area contributed by atoms with E-state index >= 15 is 0 Å². The van der Waals surface area contributed by atoms with Gasteiger partial charge in [0.15, 0.2) is 17.7 Å². The molecular weight excluding hydrogens is 1640 g/mol. The molecule has 0 saturated carbocycles. The van der Waals surface area contributed by atoms with Crippen molar-refractivity contribution in [2.24, 2.45) is 0 Å². The van der Waals surface area contributed by atoms with Crippen molar-refractivity contribution in [2.75, 3.05) is 31.1 Å². The van der Waals surface area contributed by atoms with Crippen LogP contribution in [0.5, 0.6) is 0 Å². The Bertz CT molecular complexity index is 6360. The standard InChI is InChI=1S/C25H24F2N6O2.C25H23FN4O2.C24H20F2N4O2.C21H23FN4O2/c1-17-28-29-25(35-17)32-13-11-31(12-14-32)23(34)16-33-22(19-5-3-2-4-6-19)15-21(30-33)18-7-9-20(10-8-18)24(26)27;1-3-24-27-21-13-29(14-23(21)32-24)25(31)15-30-22(17-7-5-4-6-8-17)12-20(28-30)18-9-10-19(26)16(2)11-18;1-15-27-20-12-29(13-22(20)32-15)23(31)14-30-21(17-5-3-2-4-6-17)11-19(28-30)16-7-9-18(10-8-16)24(25)26;1-4-15-9-17(14-6-7-16(22)13(3)8-14)24-26(15)12-21(27)25-10-18-19(11-25)28-20(5-2)23-18/h2-10,15,24H,11-14,16H2,1H3;4-12H,3,13-15H2,1-2H3;2-11,24H,12-14H2,1H3;6-9H,4-5,10-12H2,1-3H3. The number of piperazine rings is 1. The summed E-state index contributed by atoms with van der Waals surface area (Å²) < 4.78 is 108. The second kappa shape index (κ2) is 37.9. The van der Waals surface area contributed by atoms with E-state index in [0.717, 1.165) is 116 Å². The van der Waals surface area contributed by atoms with Gasteiger partial charge in [0.05, 0.1) is 79.1 Å². The van der Waals surface area contributed by atoms with E-state index in [1.165, 1.54) is 36.4 Å². The largest absolute Gasteiger partial charge is 0.444 e. The molecule has 0 aliphatic carbocycles. The molecule has 12 heterocycles. The number of anilines is 1. The van der Waals surface area contributed by atoms with Crippen molar-refractivity contribution >= 4 is 29.6 Å². The Hall–Kier alpha value is -14.6. The van der Waals surface area contributed by atoms with Gasteiger partial charge in [0.25, 0.3) is 12.9 Å². The van der Waals surface area contributed by atoms with E-state index in [4.69, 9.17) is 22.8 Å². The number of aromatic nitrogens is 13. The van der Waals surface area contributed by atoms with E-state index in [2.05, 4.69) is 40.4 Å². The van der Waals surface area contributed by atoms with Gasteiger partial charge in [-0.05, 0) is 109 Å². The highest BCUT2D eigenvalue weighted by molar-refractivity contribution is 5.81. The normalized spacial score (nSPS) is 13.3. The zero-order valence-corrected chi connectivity index (χ0v) is 70.8. The molecule has 0 bridgehead atoms. The molecule has 1 saturated heterocycles. The van der Waals surface area contributed by atoms with Crippen molar-refractivity contribution in [1.29, 1.82) is 0 Å². The summed E-state index contributed by atoms with van der Waals surface area (Å²) in [6.45, 7) is 18.2. The number of fused-ring (bicyclic) bond motifs is 3. The molecule has 1 fully saturated rings. The van der Waals surface area contributed by atoms with E-state index in [9.17, 15) is 45.5 Å². The summed E-state index contributed by atoms with van der Waals surface area (Å²) in [5.74, 6) is 4.08. The van der Waals surface area contributed by atoms with Gasteiger partial charge >= 0.3 is 6.01 Å². The third kappa shape index (κ3) is 19.7. The lowest BCUT2D eigenvalue weighted by Gasteiger charge is -2.33. The fraction of sp³-hybridized carbons (Fsp3) is 0.274. The first-order chi connectivity index (χ1) is 61.4. The van der Waals surface area contributed by atoms with Gasteiger partial charge in [-0.3, -0.25) is 37.9 Å². The van der Waals surface area contributed by atoms with Crippen LogP contribution in [-0.4, -0.2) is 134 Å². The number of benzene rings is 7. The van der Waals surface area contributed by atoms with Crippen LogP contribution < -0.4 is 4.90 Å². The maximum Gasteiger partial charge on any atom is 0.318 e. The molecule has 19 rings (SSSR count). The molecule has 0 unspecified atom stereocenters. The van der Waals surface area contributed by atoms with Gasteiger partial charge in [-0.15, -0.1) is 5.10 Å². The molecule has 127 heavy (non-hydrogen) atoms. The molecule has 26 nitrogen and oxygen atoms in total. The molecule has 32 heteroatoms. The van der Waals surface area contributed by atoms with Crippen LogP contribution in [0.2, 0.25) is 0 Å². The summed E-state index contributed by atoms with van der Waals surface area (Å²) in [5, 5.41) is 26.5. The lowest BCUT2D eigenvalue weighted by Crippen LogP contribution is -2.49. The zero-order chi connectivity index (χ0) is 88.7. The summed E-state index contributed by atoms with van der Waals surface area (Å²) in [6.07, 6.45) is -2.81. The Morgan fingerprint density at radius 1 is 0.354 bits per heavy atom. The number of nitrogens with zero attached hydrogens (tertiary/aromatic N) is 18. The molecule has 4 aliphatic rings. The Labute approximate surface area is 726 Å². The van der Waals surface area contributed by atoms with Crippen LogP contribution in [0.3, 0.4) is 0 Å². The van der Waals surface area contributed by atoms with Crippen molar-refractivity contribution in [3.63, 3.8) is 0 Å². The first-order valence-corrected chi connectivity index (χ1v) is 41.8. The zero-order valence-electron chi connectivity index (χ0n) is 70.8. The average molecular weight is 1730 g/mol. The van der Waals surface area contributed by atoms with Crippen LogP contribution in [0.15, 0.2) is 218 Å². The minimum Gasteiger partial charge on any atom is -0.444 e. The summed E-state index contributed by atoms with van der Waals surface area (Å²) >= 11 is 0. The number of oxazole rings is 3. The van der Waals surface area contributed by atoms with Gasteiger partial charge in [-0.25, -0.2) is 41.3 Å². The maximum absolute atomic E-state index is 13.8. The van der Waals surface area contributed by atoms with Gasteiger partial charge < -0.3 is 42.2 Å². The topological polar surface area (TPSA) is 273 Å². The van der Waals surface area contributed by atoms with E-state index in [1.807, 2.05) is 141 Å². The van der Waals surface area contributed by atoms with E-state index in [1.54, 1.807) is 115 Å². The first kappa shape index (κ1) is 86.0. The van der Waals surface area contributed by atoms with Crippen molar-refractivity contribution in [2.45, 2.75) is 146 Å². The first-order valence-electron chi connectivity index (χ1n) is 41.8. The molecule has 650 valence electrons. The predicted octanol–water partition coefficient (Wildman–Crippen LogP) is 17.6. The fourth-order valence-electron chi connectivity index (χ4n) is 15.4. The molecule has 0 radical (unpaired) electrons. The molecule has 0 spiro atoms. The Morgan fingerprint density at radius 3 is 1.08 bits per heavy atom. The van der Waals surface area contributed by atoms with Crippen LogP contribution in [0, 0.1) is 39.3 Å². The fourth-order valence-corrected chi connectivity index (χ4v) is 15.4. The Morgan fingerprint density at radius 2 is 0.717 bits per heavy atom. The number of aryl methyl sites for hydroxylation is 7. The minimum atomic E-state index is -2.52. The number of hydrogen-bond acceptors (Lipinski definition) is 18. The molecule has 15 aromatic rings. The van der Waals surface area contributed by atoms with Gasteiger partial charge in [0, 0.05) is 91.9 Å². The molecule has 4 aliphatic heterocycles. The lowest BCUT2D eigenvalue weighted by atomic mass is 10.1. The number of alkyl halides is 4. The summed E-state index contributed by atoms with van der Waals surface area (Å²) in [4.78, 5) is 74.2. The van der Waals surface area contributed by atoms with Crippen LogP contribution in [0.1, 0.15) is 119 Å². The van der Waals surface area contributed by atoms with Gasteiger partial charge in [0.2, 0.25) is 29.5 Å². The van der Waals surface area contributed by atoms with Crippen molar-refractivity contribution < 1.29 is 63.2 Å². The number of carbonyl (C=O) groups excluding carboxylic acids is 4. The second-order valence-electron chi connectivity index (χ2n) is 31.1. The third-order valence-electron chi connectivity index (χ3n) is 22.4. The maximum atomic E-state index is 13.8. The van der Waals surface area contributed by atoms with Crippen LogP contribution in [0.4, 0.5) is 32.4 Å². The van der Waals surface area contributed by atoms with E-state index in [0.29, 0.717) is 128 Å². The highest BCUT2D eigenvalue weighted by atomic mass is 19.3. The summed E-state index contributed by atoms with van der Waals surface area (Å²) in [7, 11) is 0. The highest BCUT2D eigenvalue weighted by Gasteiger charge is 2.34. The third-order valence-corrected chi connectivity index (χ3v) is 22.4. The lowest BCUT2D eigenvalue weighted by molar-refractivity contribution is -0.133. The van der Waals surface area contributed by atoms with Crippen LogP contribution in [0.25, 0.3) is 78.8 Å². The van der Waals surface area contributed by atoms with Crippen molar-refractivity contribution in [3.8, 4) is 78.8 Å². The molecule has 4 amide bonds. The summed E-state index contributed by atoms with van der Waals surface area (Å²) in [5.41, 5.74) is 15.4. The highest BCUT2D eigenvalue weighted by Crippen LogP contribution is 2.36. The SMILES string of the molecule is CCc1nc2c(o1)CN(C(=O)Cn1nc(-c3ccc(F)c(C)c3)cc1-c1ccccc1)C2.CCc1nc2c(o1)CN(C(=O)Cn1nc(-c3ccc(F)c(C)c3)cc1CC)C2.Cc1nc2c(o1)CN(C(=O)Cn1nc(-c3ccc(C(F)F)cc3)cc1-c1ccccc1)C2.Cc1nnc(N2CCN(C(=O)Cn3nc(-c4ccc(C(F)F)cc4)cc3-c3ccccc3)CC2)o1. The molecule has 0 atom stereocenters. The van der Waals surface area contributed by atoms with Crippen molar-refractivity contribution in [3.05, 3.63) is 298 Å². The van der Waals surface area contributed by atoms with Gasteiger partial charge in [-0.1, -0.05) is 165 Å². The number of halogens is 6. The number of carbonyl (C=O) groups is 4. The molecule has 0 N–H and O–H groups in total. The van der Waals surface area contributed by atoms with Crippen molar-refractivity contribution in [1.82, 2.24) is 83.9 Å². The Balaban J connectivity index is 0.000000125. The van der Waals surface area contributed by atoms with Gasteiger partial charge in [-0.2, -0.15) is 20.4 Å². The smallest absolute Gasteiger partial charge is 0.318 e. The number of rotatable bonds is 21. The predicted molar refractivity (Wildman–Crippen MR) is 459 cm³/mol. The van der Waals surface area contributed by atoms with Crippen LogP contribution >= 0.6 is 0 Å². The average Bonchev–Trinajstić information content (AvgIpc) is 1.65. The van der Waals surface area contributed by atoms with E-state index in [-0.39, 0.29) is 72.6 Å². The molecule has 7 aromatic carbocycles. The Kier molecular flexibility index (Phi) is 25.6. The van der Waals surface area contributed by atoms with Gasteiger partial charge in [0.1, 0.15) is 72.2 Å². The molecule has 8 aromatic heterocycles. The monoisotopic (exact) mass is 1720 g/mol. The van der Waals surface area contributed by atoms with Crippen LogP contribution in [-0.2, 0) is 104 Å². The quantitative estimate of drug-likeness (QED) is 0.0605. The number of hydrogen-bond donors (Lipinski definition) is 0.